The smallest absolute Gasteiger partial charge is 0.325 e. The largest absolute Gasteiger partial charge is 0.507 e. The molecule has 0 bridgehead atoms. The molecule has 0 aromatic heterocycles. The monoisotopic (exact) mass is 293 g/mol. The number of carboxylic acids is 1. The first kappa shape index (κ1) is 10.3. The molecule has 0 saturated carbocycles. The number of hydrogen-bond acceptors (Lipinski definition) is 3. The summed E-state index contributed by atoms with van der Waals surface area (Å²) in [5, 5.41) is 17.8. The minimum absolute atomic E-state index is 0.127. The zero-order valence-electron chi connectivity index (χ0n) is 6.57. The highest BCUT2D eigenvalue weighted by Gasteiger charge is 2.14. The Hall–Kier alpha value is -0.820. The van der Waals surface area contributed by atoms with E-state index in [1.807, 2.05) is 22.6 Å². The van der Waals surface area contributed by atoms with Gasteiger partial charge in [0.2, 0.25) is 0 Å². The van der Waals surface area contributed by atoms with E-state index in [1.165, 1.54) is 12.1 Å². The Morgan fingerprint density at radius 3 is 2.62 bits per heavy atom. The highest BCUT2D eigenvalue weighted by molar-refractivity contribution is 14.1. The van der Waals surface area contributed by atoms with Crippen LogP contribution < -0.4 is 5.73 Å². The van der Waals surface area contributed by atoms with Gasteiger partial charge in [-0.25, -0.2) is 0 Å². The number of nitrogens with two attached hydrogens (primary N) is 1. The topological polar surface area (TPSA) is 83.6 Å². The molecule has 1 aromatic carbocycles. The van der Waals surface area contributed by atoms with Crippen molar-refractivity contribution >= 4 is 28.6 Å². The lowest BCUT2D eigenvalue weighted by molar-refractivity contribution is -0.138. The molecule has 1 aromatic rings. The van der Waals surface area contributed by atoms with Crippen LogP contribution in [0.3, 0.4) is 0 Å². The number of carboxylic acid groups (broad SMARTS) is 1. The Bertz CT molecular complexity index is 340. The first-order valence-electron chi connectivity index (χ1n) is 3.49. The molecule has 0 unspecified atom stereocenters. The maximum absolute atomic E-state index is 10.5. The van der Waals surface area contributed by atoms with Crippen LogP contribution in [0.4, 0.5) is 0 Å². The summed E-state index contributed by atoms with van der Waals surface area (Å²) in [6.07, 6.45) is 0. The zero-order chi connectivity index (χ0) is 10.0. The fraction of sp³-hybridized carbons (Fsp3) is 0.125. The quantitative estimate of drug-likeness (QED) is 0.712. The summed E-state index contributed by atoms with van der Waals surface area (Å²) in [6, 6.07) is 3.44. The van der Waals surface area contributed by atoms with Gasteiger partial charge >= 0.3 is 5.97 Å². The van der Waals surface area contributed by atoms with E-state index in [-0.39, 0.29) is 5.75 Å². The van der Waals surface area contributed by atoms with Gasteiger partial charge in [-0.2, -0.15) is 0 Å². The molecular weight excluding hydrogens is 285 g/mol. The first-order valence-corrected chi connectivity index (χ1v) is 4.57. The Balaban J connectivity index is 3.03. The molecule has 0 radical (unpaired) electrons. The summed E-state index contributed by atoms with van der Waals surface area (Å²) >= 11 is 1.91. The summed E-state index contributed by atoms with van der Waals surface area (Å²) < 4.78 is 0.590. The highest BCUT2D eigenvalue weighted by atomic mass is 127. The lowest BCUT2D eigenvalue weighted by Crippen LogP contribution is -2.20. The number of hydrogen-bond donors (Lipinski definition) is 3. The molecule has 0 saturated heterocycles. The second-order valence-electron chi connectivity index (χ2n) is 2.53. The van der Waals surface area contributed by atoms with Gasteiger partial charge in [-0.3, -0.25) is 4.79 Å². The van der Waals surface area contributed by atoms with Gasteiger partial charge in [0.25, 0.3) is 0 Å². The molecule has 13 heavy (non-hydrogen) atoms. The molecule has 0 aliphatic rings. The van der Waals surface area contributed by atoms with E-state index in [4.69, 9.17) is 15.9 Å². The Morgan fingerprint density at radius 2 is 2.15 bits per heavy atom. The summed E-state index contributed by atoms with van der Waals surface area (Å²) in [5.74, 6) is -0.955. The fourth-order valence-electron chi connectivity index (χ4n) is 0.859. The molecular formula is C8H8INO3. The standard InChI is InChI=1S/C8H8INO3/c9-5-3-4(1-2-6(5)11)7(10)8(12)13/h1-3,7,11H,10H2,(H,12,13)/t7-/m0/s1. The molecule has 70 valence electrons. The molecule has 4 N–H and O–H groups in total. The van der Waals surface area contributed by atoms with Crippen molar-refractivity contribution in [3.8, 4) is 5.75 Å². The lowest BCUT2D eigenvalue weighted by Gasteiger charge is -2.07. The minimum Gasteiger partial charge on any atom is -0.507 e. The molecule has 1 atom stereocenters. The highest BCUT2D eigenvalue weighted by Crippen LogP contribution is 2.22. The van der Waals surface area contributed by atoms with Crippen molar-refractivity contribution in [3.05, 3.63) is 27.3 Å². The van der Waals surface area contributed by atoms with Crippen LogP contribution in [0.15, 0.2) is 18.2 Å². The lowest BCUT2D eigenvalue weighted by atomic mass is 10.1. The third-order valence-corrected chi connectivity index (χ3v) is 2.46. The van der Waals surface area contributed by atoms with Gasteiger partial charge in [-0.1, -0.05) is 6.07 Å². The number of halogens is 1. The summed E-state index contributed by atoms with van der Waals surface area (Å²) in [4.78, 5) is 10.5. The van der Waals surface area contributed by atoms with E-state index in [1.54, 1.807) is 6.07 Å². The maximum atomic E-state index is 10.5. The number of carbonyl (C=O) groups is 1. The Labute approximate surface area is 88.5 Å². The molecule has 0 fully saturated rings. The molecule has 0 amide bonds. The molecule has 0 heterocycles. The van der Waals surface area contributed by atoms with Gasteiger partial charge in [-0.15, -0.1) is 0 Å². The van der Waals surface area contributed by atoms with Crippen LogP contribution in [-0.4, -0.2) is 16.2 Å². The van der Waals surface area contributed by atoms with E-state index in [0.717, 1.165) is 0 Å². The van der Waals surface area contributed by atoms with Crippen molar-refractivity contribution in [2.24, 2.45) is 5.73 Å². The van der Waals surface area contributed by atoms with Crippen molar-refractivity contribution in [1.29, 1.82) is 0 Å². The number of aromatic hydroxyl groups is 1. The summed E-state index contributed by atoms with van der Waals surface area (Å²) in [7, 11) is 0. The van der Waals surface area contributed by atoms with Crippen molar-refractivity contribution in [1.82, 2.24) is 0 Å². The second kappa shape index (κ2) is 3.93. The second-order valence-corrected chi connectivity index (χ2v) is 3.69. The van der Waals surface area contributed by atoms with Crippen molar-refractivity contribution in [2.45, 2.75) is 6.04 Å². The minimum atomic E-state index is -1.08. The van der Waals surface area contributed by atoms with Crippen molar-refractivity contribution < 1.29 is 15.0 Å². The Morgan fingerprint density at radius 1 is 1.54 bits per heavy atom. The fourth-order valence-corrected chi connectivity index (χ4v) is 1.40. The van der Waals surface area contributed by atoms with Crippen LogP contribution in [-0.2, 0) is 4.79 Å². The van der Waals surface area contributed by atoms with Gasteiger partial charge < -0.3 is 15.9 Å². The van der Waals surface area contributed by atoms with E-state index in [2.05, 4.69) is 0 Å². The van der Waals surface area contributed by atoms with Crippen LogP contribution in [0, 0.1) is 3.57 Å². The van der Waals surface area contributed by atoms with Crippen LogP contribution in [0.25, 0.3) is 0 Å². The van der Waals surface area contributed by atoms with E-state index < -0.39 is 12.0 Å². The maximum Gasteiger partial charge on any atom is 0.325 e. The third-order valence-electron chi connectivity index (χ3n) is 1.60. The predicted octanol–water partition coefficient (Wildman–Crippen LogP) is 1.08. The molecule has 0 aliphatic carbocycles. The number of aliphatic carboxylic acids is 1. The van der Waals surface area contributed by atoms with Crippen LogP contribution in [0.1, 0.15) is 11.6 Å². The molecule has 0 aliphatic heterocycles. The van der Waals surface area contributed by atoms with Crippen LogP contribution in [0.5, 0.6) is 5.75 Å². The van der Waals surface area contributed by atoms with E-state index in [9.17, 15) is 4.79 Å². The first-order chi connectivity index (χ1) is 6.02. The SMILES string of the molecule is N[C@H](C(=O)O)c1ccc(O)c(I)c1. The van der Waals surface area contributed by atoms with Gasteiger partial charge in [0, 0.05) is 0 Å². The third kappa shape index (κ3) is 2.31. The summed E-state index contributed by atoms with van der Waals surface area (Å²) in [6.45, 7) is 0. The molecule has 0 spiro atoms. The average molecular weight is 293 g/mol. The number of rotatable bonds is 2. The van der Waals surface area contributed by atoms with Crippen molar-refractivity contribution in [2.75, 3.05) is 0 Å². The van der Waals surface area contributed by atoms with E-state index >= 15 is 0 Å². The molecule has 5 heteroatoms. The van der Waals surface area contributed by atoms with Crippen LogP contribution >= 0.6 is 22.6 Å². The van der Waals surface area contributed by atoms with Gasteiger partial charge in [-0.05, 0) is 40.3 Å². The number of phenolic OH excluding ortho intramolecular Hbond substituents is 1. The molecule has 4 nitrogen and oxygen atoms in total. The summed E-state index contributed by atoms with van der Waals surface area (Å²) in [5.41, 5.74) is 5.85. The predicted molar refractivity (Wildman–Crippen MR) is 55.4 cm³/mol. The van der Waals surface area contributed by atoms with Crippen LogP contribution in [0.2, 0.25) is 0 Å². The molecule has 1 rings (SSSR count). The van der Waals surface area contributed by atoms with Gasteiger partial charge in [0.15, 0.2) is 0 Å². The zero-order valence-corrected chi connectivity index (χ0v) is 8.72. The number of benzene rings is 1. The Kier molecular flexibility index (Phi) is 3.10. The van der Waals surface area contributed by atoms with Gasteiger partial charge in [0.05, 0.1) is 3.57 Å². The van der Waals surface area contributed by atoms with Gasteiger partial charge in [0.1, 0.15) is 11.8 Å². The number of phenols is 1. The normalized spacial score (nSPS) is 12.5. The van der Waals surface area contributed by atoms with Crippen molar-refractivity contribution in [3.63, 3.8) is 0 Å². The van der Waals surface area contributed by atoms with E-state index in [0.29, 0.717) is 9.13 Å². The average Bonchev–Trinajstić information content (AvgIpc) is 2.08.